The van der Waals surface area contributed by atoms with Crippen molar-refractivity contribution in [1.82, 2.24) is 53.3 Å². The summed E-state index contributed by atoms with van der Waals surface area (Å²) in [5.41, 5.74) is 7.42. The van der Waals surface area contributed by atoms with Gasteiger partial charge in [-0.05, 0) is 112 Å². The molecule has 123 heavy (non-hydrogen) atoms. The van der Waals surface area contributed by atoms with Gasteiger partial charge in [-0.25, -0.2) is 8.78 Å². The summed E-state index contributed by atoms with van der Waals surface area (Å²) >= 11 is 0. The number of aliphatic hydroxyl groups excluding tert-OH is 5. The van der Waals surface area contributed by atoms with Gasteiger partial charge in [0, 0.05) is 79.6 Å². The van der Waals surface area contributed by atoms with Crippen molar-refractivity contribution in [2.75, 3.05) is 97.7 Å². The average Bonchev–Trinajstić information content (AvgIpc) is 1.53. The van der Waals surface area contributed by atoms with E-state index in [1.54, 1.807) is 25.7 Å². The summed E-state index contributed by atoms with van der Waals surface area (Å²) in [6.45, 7) is 10.5. The molecule has 5 aliphatic carbocycles. The van der Waals surface area contributed by atoms with Crippen LogP contribution in [0.3, 0.4) is 0 Å². The summed E-state index contributed by atoms with van der Waals surface area (Å²) in [5.74, 6) is -1.90. The highest BCUT2D eigenvalue weighted by atomic mass is 19.1. The molecule has 5 fully saturated rings. The maximum Gasteiger partial charge on any atom is 0.246 e. The number of amides is 6. The third-order valence-electron chi connectivity index (χ3n) is 25.8. The predicted molar refractivity (Wildman–Crippen MR) is 443 cm³/mol. The molecule has 6 amide bonds. The number of aliphatic hydroxyl groups is 5. The van der Waals surface area contributed by atoms with Gasteiger partial charge in [0.25, 0.3) is 0 Å². The van der Waals surface area contributed by atoms with Gasteiger partial charge < -0.3 is 111 Å². The van der Waals surface area contributed by atoms with Crippen LogP contribution in [0.15, 0.2) is 83.7 Å². The number of unbranched alkanes of at least 4 members (excludes halogenated alkanes) is 1. The number of carbonyl (C=O) groups excluding carboxylic acids is 9. The SMILES string of the molecule is CCCC1O[C@@H]2C[C@H]3[C@@H]4C[C@H](F)C5=CC(=O)C=C[C@]5(C)[C@@]4(F)[C@@H](O)C[C@]3(C)[C@]2(C(=O)CNC(=O)[C@H](C)CC(=O)[C@@H](NC(=O)[C@@H](CCCCNC(=O)COC2CCCCCC3=C2NNN3[C@@H]2O[C@H](CO)[C@H](O)[C@H](O)[C@H]2O)NC(=O)CCOCCOCCOCCOCCNC(=O)CCC(=O)N2Cc3ccccc3/C(NC)=C(/NN)c3ccccc32)C(C)C)O1. The summed E-state index contributed by atoms with van der Waals surface area (Å²) in [7, 11) is 1.81. The van der Waals surface area contributed by atoms with E-state index < -0.39 is 180 Å². The van der Waals surface area contributed by atoms with Gasteiger partial charge >= 0.3 is 0 Å². The number of fused-ring (bicyclic) bond motifs is 9. The van der Waals surface area contributed by atoms with Crippen LogP contribution in [0.5, 0.6) is 0 Å². The lowest BCUT2D eigenvalue weighted by atomic mass is 9.44. The lowest BCUT2D eigenvalue weighted by Gasteiger charge is -2.63. The molecule has 34 nitrogen and oxygen atoms in total. The van der Waals surface area contributed by atoms with Crippen LogP contribution in [0.4, 0.5) is 14.5 Å². The molecule has 11 rings (SSSR count). The Morgan fingerprint density at radius 3 is 2.16 bits per heavy atom. The van der Waals surface area contributed by atoms with Crippen molar-refractivity contribution in [3.63, 3.8) is 0 Å². The van der Waals surface area contributed by atoms with Crippen molar-refractivity contribution >= 4 is 69.9 Å². The van der Waals surface area contributed by atoms with Crippen molar-refractivity contribution in [2.24, 2.45) is 40.3 Å². The van der Waals surface area contributed by atoms with Crippen molar-refractivity contribution in [2.45, 2.75) is 242 Å². The van der Waals surface area contributed by atoms with Crippen LogP contribution < -0.4 is 59.0 Å². The van der Waals surface area contributed by atoms with E-state index in [2.05, 4.69) is 48.3 Å². The van der Waals surface area contributed by atoms with Crippen LogP contribution in [0, 0.1) is 34.5 Å². The highest BCUT2D eigenvalue weighted by molar-refractivity contribution is 6.03. The Labute approximate surface area is 715 Å². The van der Waals surface area contributed by atoms with Gasteiger partial charge in [0.05, 0.1) is 119 Å². The minimum Gasteiger partial charge on any atom is -0.394 e. The van der Waals surface area contributed by atoms with E-state index in [4.69, 9.17) is 43.7 Å². The van der Waals surface area contributed by atoms with E-state index in [-0.39, 0.29) is 141 Å². The lowest BCUT2D eigenvalue weighted by molar-refractivity contribution is -0.266. The summed E-state index contributed by atoms with van der Waals surface area (Å²) in [5, 5.41) is 72.6. The number of nitrogens with zero attached hydrogens (tertiary/aromatic N) is 2. The van der Waals surface area contributed by atoms with Crippen LogP contribution in [0.25, 0.3) is 11.4 Å². The summed E-state index contributed by atoms with van der Waals surface area (Å²) in [6.07, 6.45) is -5.36. The van der Waals surface area contributed by atoms with Gasteiger partial charge in [0.15, 0.2) is 41.1 Å². The van der Waals surface area contributed by atoms with Gasteiger partial charge in [0.2, 0.25) is 35.4 Å². The first-order valence-electron chi connectivity index (χ1n) is 43.4. The number of nitrogens with two attached hydrogens (primary N) is 1. The normalized spacial score (nSPS) is 30.2. The Morgan fingerprint density at radius 1 is 0.756 bits per heavy atom. The molecule has 4 heterocycles. The van der Waals surface area contributed by atoms with Crippen molar-refractivity contribution in [3.05, 3.63) is 100 Å². The summed E-state index contributed by atoms with van der Waals surface area (Å²) in [6, 6.07) is 12.8. The number of nitrogens with one attached hydrogen (secondary N) is 9. The average molecular weight is 1730 g/mol. The first-order valence-corrected chi connectivity index (χ1v) is 43.4. The fourth-order valence-electron chi connectivity index (χ4n) is 19.4. The molecule has 16 N–H and O–H groups in total. The number of alkyl halides is 2. The van der Waals surface area contributed by atoms with E-state index >= 15 is 13.6 Å². The Morgan fingerprint density at radius 2 is 1.46 bits per heavy atom. The predicted octanol–water partition coefficient (Wildman–Crippen LogP) is 2.48. The smallest absolute Gasteiger partial charge is 0.246 e. The maximum absolute atomic E-state index is 18.2. The highest BCUT2D eigenvalue weighted by Gasteiger charge is 2.80. The number of para-hydroxylation sites is 1. The second-order valence-electron chi connectivity index (χ2n) is 34.1. The molecular weight excluding hydrogens is 1600 g/mol. The van der Waals surface area contributed by atoms with Crippen LogP contribution >= 0.6 is 0 Å². The fraction of sp³-hybridized carbons (Fsp3) is 0.667. The third-order valence-corrected chi connectivity index (χ3v) is 25.8. The molecular formula is C87H126F2N12O22. The zero-order valence-electron chi connectivity index (χ0n) is 71.4. The Bertz CT molecular complexity index is 4200. The molecule has 4 aliphatic heterocycles. The standard InChI is InChI=1S/C87H126F2N12O22/c1-8-18-73-122-68-44-56-57-43-59(88)58-42-53(103)28-30-84(58,5)86(57,89)66(105)45-85(56,6)87(68,123-73)67(106)46-94-81(114)51(4)41-63(104)74(50(2)3)96-82(115)60(22-16-17-31-92-71(109)49-120-64-25-11-9-10-24-62-77(64)98-99-101(62)83-80(113)79(112)78(111)65(48-102)121-83)95-70(108)29-33-116-35-37-118-39-40-119-38-36-117-34-32-93-69(107)26-27-72(110)100-47-52-19-12-13-20-54(52)75(91-7)76(97-90)55-21-14-15-23-61(55)100/h12-15,19-21,23,28,30,42,50-51,56-57,59-60,64-66,68,73-74,78-80,83,91,97-99,102,105,111-113H,8-11,16-18,22,24-27,29,31-41,43-49,90H2,1-7H3,(H,92,109)(H,93,107)(H,94,114)(H,95,108)(H,96,115)/b76-75-/t51-,56+,57+,59+,60-,64?,65-,66+,68-,73?,74+,78+,79+,80-,83-,84+,85+,86+,87-/m1/s1. The largest absolute Gasteiger partial charge is 0.394 e. The number of allylic oxidation sites excluding steroid dienone is 5. The Balaban J connectivity index is 0.627. The number of Topliss-reactive ketones (excluding diaryl/α,β-unsaturated/α-hetero) is 2. The van der Waals surface area contributed by atoms with Crippen molar-refractivity contribution < 1.29 is 115 Å². The van der Waals surface area contributed by atoms with E-state index in [1.807, 2.05) is 62.5 Å². The monoisotopic (exact) mass is 1730 g/mol. The van der Waals surface area contributed by atoms with Gasteiger partial charge in [-0.15, -0.1) is 5.53 Å². The molecule has 680 valence electrons. The number of hydrogen-bond donors (Lipinski definition) is 15. The number of hydrogen-bond acceptors (Lipinski definition) is 28. The molecule has 2 aromatic carbocycles. The molecule has 36 heteroatoms. The number of hydrazine groups is 3. The maximum atomic E-state index is 18.2. The first kappa shape index (κ1) is 95.3. The molecule has 2 saturated heterocycles. The summed E-state index contributed by atoms with van der Waals surface area (Å²) in [4.78, 5) is 126. The lowest BCUT2D eigenvalue weighted by Crippen LogP contribution is -2.71. The second kappa shape index (κ2) is 43.3. The van der Waals surface area contributed by atoms with E-state index in [9.17, 15) is 63.9 Å². The molecule has 9 aliphatic rings. The highest BCUT2D eigenvalue weighted by Crippen LogP contribution is 2.72. The minimum absolute atomic E-state index is 0.0313. The van der Waals surface area contributed by atoms with Crippen LogP contribution in [-0.4, -0.2) is 261 Å². The molecule has 19 atom stereocenters. The number of ketones is 3. The molecule has 0 spiro atoms. The van der Waals surface area contributed by atoms with Crippen LogP contribution in [0.2, 0.25) is 0 Å². The number of ether oxygens (including phenoxy) is 8. The van der Waals surface area contributed by atoms with E-state index in [0.29, 0.717) is 61.3 Å². The van der Waals surface area contributed by atoms with Gasteiger partial charge in [0.1, 0.15) is 49.3 Å². The molecule has 0 aromatic heterocycles. The third kappa shape index (κ3) is 21.2. The van der Waals surface area contributed by atoms with Gasteiger partial charge in [-0.3, -0.25) is 54.0 Å². The Kier molecular flexibility index (Phi) is 33.5. The fourth-order valence-corrected chi connectivity index (χ4v) is 19.4. The molecule has 2 aromatic rings. The van der Waals surface area contributed by atoms with E-state index in [0.717, 1.165) is 47.7 Å². The molecule has 0 bridgehead atoms. The second-order valence-corrected chi connectivity index (χ2v) is 34.1. The number of carbonyl (C=O) groups is 9. The topological polar surface area (TPSA) is 469 Å². The first-order chi connectivity index (χ1) is 59.0. The zero-order valence-corrected chi connectivity index (χ0v) is 71.4. The molecule has 2 unspecified atom stereocenters. The van der Waals surface area contributed by atoms with E-state index in [1.165, 1.54) is 31.0 Å². The van der Waals surface area contributed by atoms with Gasteiger partial charge in [-0.1, -0.05) is 102 Å². The minimum atomic E-state index is -2.43. The summed E-state index contributed by atoms with van der Waals surface area (Å²) < 4.78 is 82.3. The quantitative estimate of drug-likeness (QED) is 0.0258. The van der Waals surface area contributed by atoms with Crippen molar-refractivity contribution in [3.8, 4) is 0 Å². The number of rotatable bonds is 43. The Hall–Kier alpha value is -8.31. The van der Waals surface area contributed by atoms with Crippen LogP contribution in [-0.2, 0) is 87.6 Å². The molecule has 3 saturated carbocycles. The zero-order chi connectivity index (χ0) is 88.5. The number of benzene rings is 2. The van der Waals surface area contributed by atoms with Crippen LogP contribution in [0.1, 0.15) is 167 Å². The number of anilines is 1. The van der Waals surface area contributed by atoms with Gasteiger partial charge in [-0.2, -0.15) is 0 Å². The number of halogens is 2. The molecule has 0 radical (unpaired) electrons. The van der Waals surface area contributed by atoms with Crippen molar-refractivity contribution in [1.29, 1.82) is 0 Å².